The predicted molar refractivity (Wildman–Crippen MR) is 50.4 cm³/mol. The van der Waals surface area contributed by atoms with E-state index in [0.29, 0.717) is 11.6 Å². The summed E-state index contributed by atoms with van der Waals surface area (Å²) in [5, 5.41) is 9.25. The second-order valence-corrected chi connectivity index (χ2v) is 3.00. The normalized spacial score (nSPS) is 12.7. The van der Waals surface area contributed by atoms with Gasteiger partial charge in [0.1, 0.15) is 12.0 Å². The topological polar surface area (TPSA) is 59.2 Å². The molecule has 0 radical (unpaired) electrons. The Labute approximate surface area is 81.2 Å². The lowest BCUT2D eigenvalue weighted by atomic mass is 10.3. The van der Waals surface area contributed by atoms with Crippen molar-refractivity contribution in [1.29, 1.82) is 0 Å². The molecular weight excluding hydrogens is 180 g/mol. The molecule has 1 N–H and O–H groups in total. The minimum absolute atomic E-state index is 0.481. The van der Waals surface area contributed by atoms with E-state index in [1.54, 1.807) is 19.3 Å². The van der Waals surface area contributed by atoms with Crippen molar-refractivity contribution < 1.29 is 9.52 Å². The van der Waals surface area contributed by atoms with Crippen LogP contribution in [0, 0.1) is 0 Å². The molecule has 0 aliphatic heterocycles. The standard InChI is InChI=1S/C10H10N2O2/c1-7(13)9-6-14-10(12-9)8-3-2-4-11-5-8/h2-7,13H,1H3. The number of pyridine rings is 1. The molecule has 0 bridgehead atoms. The molecule has 2 aromatic rings. The summed E-state index contributed by atoms with van der Waals surface area (Å²) in [5.74, 6) is 0.481. The maximum Gasteiger partial charge on any atom is 0.227 e. The van der Waals surface area contributed by atoms with Crippen LogP contribution in [0.15, 0.2) is 35.2 Å². The van der Waals surface area contributed by atoms with Gasteiger partial charge >= 0.3 is 0 Å². The first-order chi connectivity index (χ1) is 6.77. The maximum atomic E-state index is 9.25. The summed E-state index contributed by atoms with van der Waals surface area (Å²) >= 11 is 0. The maximum absolute atomic E-state index is 9.25. The van der Waals surface area contributed by atoms with Crippen molar-refractivity contribution >= 4 is 0 Å². The summed E-state index contributed by atoms with van der Waals surface area (Å²) in [7, 11) is 0. The minimum Gasteiger partial charge on any atom is -0.444 e. The highest BCUT2D eigenvalue weighted by Gasteiger charge is 2.09. The van der Waals surface area contributed by atoms with Crippen LogP contribution in [-0.2, 0) is 0 Å². The Bertz CT molecular complexity index is 409. The molecule has 72 valence electrons. The summed E-state index contributed by atoms with van der Waals surface area (Å²) in [6.07, 6.45) is 4.19. The molecule has 4 nitrogen and oxygen atoms in total. The van der Waals surface area contributed by atoms with Crippen molar-refractivity contribution in [2.24, 2.45) is 0 Å². The van der Waals surface area contributed by atoms with Crippen LogP contribution >= 0.6 is 0 Å². The SMILES string of the molecule is CC(O)c1coc(-c2cccnc2)n1. The zero-order chi connectivity index (χ0) is 9.97. The molecule has 2 heterocycles. The number of nitrogens with zero attached hydrogens (tertiary/aromatic N) is 2. The Morgan fingerprint density at radius 1 is 1.50 bits per heavy atom. The van der Waals surface area contributed by atoms with E-state index in [2.05, 4.69) is 9.97 Å². The third-order valence-electron chi connectivity index (χ3n) is 1.86. The van der Waals surface area contributed by atoms with Crippen molar-refractivity contribution in [2.45, 2.75) is 13.0 Å². The van der Waals surface area contributed by atoms with E-state index in [0.717, 1.165) is 5.56 Å². The van der Waals surface area contributed by atoms with Crippen molar-refractivity contribution in [3.8, 4) is 11.5 Å². The number of rotatable bonds is 2. The van der Waals surface area contributed by atoms with Gasteiger partial charge in [0.05, 0.1) is 11.7 Å². The highest BCUT2D eigenvalue weighted by Crippen LogP contribution is 2.19. The van der Waals surface area contributed by atoms with Gasteiger partial charge in [0.15, 0.2) is 0 Å². The number of hydrogen-bond donors (Lipinski definition) is 1. The first kappa shape index (κ1) is 8.90. The zero-order valence-corrected chi connectivity index (χ0v) is 7.71. The number of aromatic nitrogens is 2. The van der Waals surface area contributed by atoms with Gasteiger partial charge in [0, 0.05) is 12.4 Å². The van der Waals surface area contributed by atoms with Crippen LogP contribution < -0.4 is 0 Å². The Morgan fingerprint density at radius 3 is 2.93 bits per heavy atom. The quantitative estimate of drug-likeness (QED) is 0.784. The van der Waals surface area contributed by atoms with Gasteiger partial charge in [-0.05, 0) is 19.1 Å². The molecular formula is C10H10N2O2. The van der Waals surface area contributed by atoms with Gasteiger partial charge in [0.2, 0.25) is 5.89 Å². The van der Waals surface area contributed by atoms with Crippen molar-refractivity contribution in [1.82, 2.24) is 9.97 Å². The van der Waals surface area contributed by atoms with Crippen molar-refractivity contribution in [2.75, 3.05) is 0 Å². The molecule has 0 amide bonds. The lowest BCUT2D eigenvalue weighted by Crippen LogP contribution is -1.90. The summed E-state index contributed by atoms with van der Waals surface area (Å²) in [5.41, 5.74) is 1.34. The van der Waals surface area contributed by atoms with E-state index in [9.17, 15) is 5.11 Å². The molecule has 2 rings (SSSR count). The Balaban J connectivity index is 2.34. The Kier molecular flexibility index (Phi) is 2.28. The second kappa shape index (κ2) is 3.59. The van der Waals surface area contributed by atoms with Crippen LogP contribution in [0.3, 0.4) is 0 Å². The van der Waals surface area contributed by atoms with Crippen molar-refractivity contribution in [3.05, 3.63) is 36.5 Å². The fraction of sp³-hybridized carbons (Fsp3) is 0.200. The minimum atomic E-state index is -0.607. The summed E-state index contributed by atoms with van der Waals surface area (Å²) in [6.45, 7) is 1.64. The molecule has 0 fully saturated rings. The van der Waals surface area contributed by atoms with Gasteiger partial charge in [-0.1, -0.05) is 0 Å². The second-order valence-electron chi connectivity index (χ2n) is 3.00. The fourth-order valence-corrected chi connectivity index (χ4v) is 1.10. The third-order valence-corrected chi connectivity index (χ3v) is 1.86. The molecule has 0 aromatic carbocycles. The predicted octanol–water partition coefficient (Wildman–Crippen LogP) is 1.79. The van der Waals surface area contributed by atoms with E-state index >= 15 is 0 Å². The largest absolute Gasteiger partial charge is 0.444 e. The number of aliphatic hydroxyl groups is 1. The number of hydrogen-bond acceptors (Lipinski definition) is 4. The van der Waals surface area contributed by atoms with E-state index in [1.807, 2.05) is 12.1 Å². The van der Waals surface area contributed by atoms with Crippen molar-refractivity contribution in [3.63, 3.8) is 0 Å². The number of aliphatic hydroxyl groups excluding tert-OH is 1. The summed E-state index contributed by atoms with van der Waals surface area (Å²) in [6, 6.07) is 3.66. The van der Waals surface area contributed by atoms with E-state index in [-0.39, 0.29) is 0 Å². The number of oxazole rings is 1. The Morgan fingerprint density at radius 2 is 2.36 bits per heavy atom. The molecule has 0 aliphatic rings. The van der Waals surface area contributed by atoms with Crippen LogP contribution in [0.1, 0.15) is 18.7 Å². The van der Waals surface area contributed by atoms with Gasteiger partial charge in [-0.25, -0.2) is 4.98 Å². The van der Waals surface area contributed by atoms with Crippen LogP contribution in [0.2, 0.25) is 0 Å². The van der Waals surface area contributed by atoms with Gasteiger partial charge in [0.25, 0.3) is 0 Å². The monoisotopic (exact) mass is 190 g/mol. The molecule has 0 saturated carbocycles. The van der Waals surface area contributed by atoms with Gasteiger partial charge in [-0.3, -0.25) is 4.98 Å². The molecule has 0 saturated heterocycles. The summed E-state index contributed by atoms with van der Waals surface area (Å²) < 4.78 is 5.20. The molecule has 0 spiro atoms. The lowest BCUT2D eigenvalue weighted by Gasteiger charge is -1.94. The van der Waals surface area contributed by atoms with Gasteiger partial charge in [-0.15, -0.1) is 0 Å². The molecule has 1 unspecified atom stereocenters. The molecule has 4 heteroatoms. The van der Waals surface area contributed by atoms with Gasteiger partial charge < -0.3 is 9.52 Å². The molecule has 1 atom stereocenters. The molecule has 14 heavy (non-hydrogen) atoms. The average Bonchev–Trinajstić information content (AvgIpc) is 2.68. The average molecular weight is 190 g/mol. The van der Waals surface area contributed by atoms with Crippen LogP contribution in [0.4, 0.5) is 0 Å². The van der Waals surface area contributed by atoms with E-state index < -0.39 is 6.10 Å². The smallest absolute Gasteiger partial charge is 0.227 e. The zero-order valence-electron chi connectivity index (χ0n) is 7.71. The van der Waals surface area contributed by atoms with Gasteiger partial charge in [-0.2, -0.15) is 0 Å². The fourth-order valence-electron chi connectivity index (χ4n) is 1.10. The van der Waals surface area contributed by atoms with E-state index in [4.69, 9.17) is 4.42 Å². The molecule has 2 aromatic heterocycles. The lowest BCUT2D eigenvalue weighted by molar-refractivity contribution is 0.194. The third kappa shape index (κ3) is 1.65. The molecule has 0 aliphatic carbocycles. The first-order valence-electron chi connectivity index (χ1n) is 4.31. The first-order valence-corrected chi connectivity index (χ1v) is 4.31. The van der Waals surface area contributed by atoms with Crippen LogP contribution in [0.5, 0.6) is 0 Å². The highest BCUT2D eigenvalue weighted by atomic mass is 16.3. The Hall–Kier alpha value is -1.68. The summed E-state index contributed by atoms with van der Waals surface area (Å²) in [4.78, 5) is 8.08. The van der Waals surface area contributed by atoms with E-state index in [1.165, 1.54) is 6.26 Å². The van der Waals surface area contributed by atoms with Crippen LogP contribution in [-0.4, -0.2) is 15.1 Å². The highest BCUT2D eigenvalue weighted by molar-refractivity contribution is 5.50. The van der Waals surface area contributed by atoms with Crippen LogP contribution in [0.25, 0.3) is 11.5 Å².